The molecule has 0 spiro atoms. The van der Waals surface area contributed by atoms with Crippen LogP contribution in [0.25, 0.3) is 0 Å². The van der Waals surface area contributed by atoms with Crippen LogP contribution in [-0.4, -0.2) is 42.3 Å². The molecule has 2 N–H and O–H groups in total. The van der Waals surface area contributed by atoms with E-state index in [1.807, 2.05) is 31.2 Å². The number of ether oxygens (including phenoxy) is 1. The number of carbonyl (C=O) groups is 1. The molecule has 0 saturated heterocycles. The number of nitrogens with zero attached hydrogens (tertiary/aromatic N) is 1. The van der Waals surface area contributed by atoms with Gasteiger partial charge in [0.15, 0.2) is 0 Å². The third-order valence-corrected chi connectivity index (χ3v) is 3.55. The van der Waals surface area contributed by atoms with Crippen LogP contribution in [0.15, 0.2) is 24.3 Å². The average Bonchev–Trinajstić information content (AvgIpc) is 2.51. The highest BCUT2D eigenvalue weighted by molar-refractivity contribution is 5.74. The fourth-order valence-corrected chi connectivity index (χ4v) is 1.81. The number of aliphatic hydroxyl groups excluding tert-OH is 1. The molecule has 5 heteroatoms. The number of urea groups is 1. The first kappa shape index (κ1) is 18.3. The van der Waals surface area contributed by atoms with E-state index in [0.717, 1.165) is 11.3 Å². The van der Waals surface area contributed by atoms with E-state index in [9.17, 15) is 4.79 Å². The Bertz CT molecular complexity index is 459. The van der Waals surface area contributed by atoms with Crippen molar-refractivity contribution in [1.82, 2.24) is 10.2 Å². The van der Waals surface area contributed by atoms with Gasteiger partial charge in [0.05, 0.1) is 25.3 Å². The van der Waals surface area contributed by atoms with Crippen LogP contribution in [0, 0.1) is 5.92 Å². The van der Waals surface area contributed by atoms with E-state index in [0.29, 0.717) is 12.5 Å². The number of aliphatic hydroxyl groups is 1. The highest BCUT2D eigenvalue weighted by Gasteiger charge is 2.17. The molecule has 0 saturated carbocycles. The van der Waals surface area contributed by atoms with Gasteiger partial charge in [0.2, 0.25) is 0 Å². The van der Waals surface area contributed by atoms with Gasteiger partial charge in [-0.05, 0) is 37.5 Å². The number of rotatable bonds is 7. The fourth-order valence-electron chi connectivity index (χ4n) is 1.81. The molecule has 2 atom stereocenters. The lowest BCUT2D eigenvalue weighted by Gasteiger charge is -2.25. The number of likely N-dealkylation sites (N-methyl/N-ethyl adjacent to an activating group) is 1. The molecule has 5 nitrogen and oxygen atoms in total. The molecule has 2 unspecified atom stereocenters. The number of hydrogen-bond donors (Lipinski definition) is 2. The molecule has 0 aliphatic heterocycles. The quantitative estimate of drug-likeness (QED) is 0.814. The molecule has 1 aromatic carbocycles. The molecule has 1 rings (SSSR count). The highest BCUT2D eigenvalue weighted by Crippen LogP contribution is 2.18. The summed E-state index contributed by atoms with van der Waals surface area (Å²) in [5.74, 6) is 1.32. The van der Waals surface area contributed by atoms with Gasteiger partial charge in [0.25, 0.3) is 0 Å². The standard InChI is InChI=1S/C17H28N2O3/c1-12(2)11-22-16-8-6-15(7-9-16)14(4)18-17(21)19(5)13(3)10-20/h6-9,12-14,20H,10-11H2,1-5H3,(H,18,21). The molecule has 0 bridgehead atoms. The van der Waals surface area contributed by atoms with Gasteiger partial charge >= 0.3 is 6.03 Å². The van der Waals surface area contributed by atoms with Crippen molar-refractivity contribution in [2.75, 3.05) is 20.3 Å². The number of nitrogens with one attached hydrogen (secondary N) is 1. The van der Waals surface area contributed by atoms with Crippen LogP contribution in [0.4, 0.5) is 4.79 Å². The summed E-state index contributed by atoms with van der Waals surface area (Å²) in [7, 11) is 1.67. The smallest absolute Gasteiger partial charge is 0.317 e. The van der Waals surface area contributed by atoms with E-state index in [1.165, 1.54) is 4.90 Å². The van der Waals surface area contributed by atoms with E-state index in [1.54, 1.807) is 14.0 Å². The molecule has 0 aliphatic carbocycles. The van der Waals surface area contributed by atoms with Gasteiger partial charge in [0, 0.05) is 7.05 Å². The Morgan fingerprint density at radius 1 is 1.23 bits per heavy atom. The fraction of sp³-hybridized carbons (Fsp3) is 0.588. The van der Waals surface area contributed by atoms with Crippen LogP contribution in [0.3, 0.4) is 0 Å². The SMILES string of the molecule is CC(C)COc1ccc(C(C)NC(=O)N(C)C(C)CO)cc1. The van der Waals surface area contributed by atoms with Crippen molar-refractivity contribution in [3.05, 3.63) is 29.8 Å². The topological polar surface area (TPSA) is 61.8 Å². The Kier molecular flexibility index (Phi) is 7.18. The second-order valence-electron chi connectivity index (χ2n) is 6.09. The molecule has 124 valence electrons. The Morgan fingerprint density at radius 2 is 1.82 bits per heavy atom. The summed E-state index contributed by atoms with van der Waals surface area (Å²) in [4.78, 5) is 13.5. The average molecular weight is 308 g/mol. The number of hydrogen-bond acceptors (Lipinski definition) is 3. The molecular weight excluding hydrogens is 280 g/mol. The van der Waals surface area contributed by atoms with Crippen LogP contribution in [-0.2, 0) is 0 Å². The minimum Gasteiger partial charge on any atom is -0.493 e. The number of carbonyl (C=O) groups excluding carboxylic acids is 1. The van der Waals surface area contributed by atoms with Crippen molar-refractivity contribution in [3.63, 3.8) is 0 Å². The van der Waals surface area contributed by atoms with Crippen molar-refractivity contribution < 1.29 is 14.6 Å². The summed E-state index contributed by atoms with van der Waals surface area (Å²) in [6, 6.07) is 7.22. The third kappa shape index (κ3) is 5.56. The lowest BCUT2D eigenvalue weighted by atomic mass is 10.1. The van der Waals surface area contributed by atoms with E-state index in [4.69, 9.17) is 9.84 Å². The second-order valence-corrected chi connectivity index (χ2v) is 6.09. The first-order valence-corrected chi connectivity index (χ1v) is 7.72. The molecule has 0 radical (unpaired) electrons. The molecule has 22 heavy (non-hydrogen) atoms. The van der Waals surface area contributed by atoms with Crippen LogP contribution in [0.5, 0.6) is 5.75 Å². The van der Waals surface area contributed by atoms with Gasteiger partial charge in [0.1, 0.15) is 5.75 Å². The van der Waals surface area contributed by atoms with Gasteiger partial charge in [-0.25, -0.2) is 4.79 Å². The normalized spacial score (nSPS) is 13.6. The highest BCUT2D eigenvalue weighted by atomic mass is 16.5. The molecule has 0 aliphatic rings. The van der Waals surface area contributed by atoms with Crippen molar-refractivity contribution in [2.24, 2.45) is 5.92 Å². The Hall–Kier alpha value is -1.75. The zero-order chi connectivity index (χ0) is 16.7. The summed E-state index contributed by atoms with van der Waals surface area (Å²) in [5.41, 5.74) is 1.01. The first-order chi connectivity index (χ1) is 10.3. The predicted octanol–water partition coefficient (Wildman–Crippen LogP) is 2.80. The zero-order valence-electron chi connectivity index (χ0n) is 14.2. The Morgan fingerprint density at radius 3 is 2.32 bits per heavy atom. The van der Waals surface area contributed by atoms with Crippen molar-refractivity contribution in [2.45, 2.75) is 39.8 Å². The Balaban J connectivity index is 2.58. The minimum atomic E-state index is -0.209. The zero-order valence-corrected chi connectivity index (χ0v) is 14.2. The molecule has 0 heterocycles. The largest absolute Gasteiger partial charge is 0.493 e. The monoisotopic (exact) mass is 308 g/mol. The lowest BCUT2D eigenvalue weighted by molar-refractivity contribution is 0.155. The van der Waals surface area contributed by atoms with E-state index in [-0.39, 0.29) is 24.7 Å². The van der Waals surface area contributed by atoms with Crippen molar-refractivity contribution in [3.8, 4) is 5.75 Å². The molecule has 2 amide bonds. The van der Waals surface area contributed by atoms with Crippen LogP contribution >= 0.6 is 0 Å². The third-order valence-electron chi connectivity index (χ3n) is 3.55. The van der Waals surface area contributed by atoms with Crippen molar-refractivity contribution in [1.29, 1.82) is 0 Å². The number of benzene rings is 1. The van der Waals surface area contributed by atoms with Crippen molar-refractivity contribution >= 4 is 6.03 Å². The maximum absolute atomic E-state index is 12.1. The van der Waals surface area contributed by atoms with Crippen LogP contribution in [0.1, 0.15) is 39.3 Å². The van der Waals surface area contributed by atoms with Gasteiger partial charge in [-0.3, -0.25) is 0 Å². The van der Waals surface area contributed by atoms with Gasteiger partial charge in [-0.2, -0.15) is 0 Å². The second kappa shape index (κ2) is 8.63. The first-order valence-electron chi connectivity index (χ1n) is 7.72. The van der Waals surface area contributed by atoms with Crippen LogP contribution < -0.4 is 10.1 Å². The minimum absolute atomic E-state index is 0.0554. The maximum Gasteiger partial charge on any atom is 0.317 e. The summed E-state index contributed by atoms with van der Waals surface area (Å²) in [5, 5.41) is 12.0. The molecule has 0 aromatic heterocycles. The molecule has 0 fully saturated rings. The van der Waals surface area contributed by atoms with Crippen LogP contribution in [0.2, 0.25) is 0 Å². The van der Waals surface area contributed by atoms with E-state index in [2.05, 4.69) is 19.2 Å². The van der Waals surface area contributed by atoms with Gasteiger partial charge in [-0.1, -0.05) is 26.0 Å². The Labute approximate surface area is 133 Å². The maximum atomic E-state index is 12.1. The molecular formula is C17H28N2O3. The molecule has 1 aromatic rings. The van der Waals surface area contributed by atoms with E-state index >= 15 is 0 Å². The summed E-state index contributed by atoms with van der Waals surface area (Å²) >= 11 is 0. The predicted molar refractivity (Wildman–Crippen MR) is 88.0 cm³/mol. The summed E-state index contributed by atoms with van der Waals surface area (Å²) in [6.07, 6.45) is 0. The summed E-state index contributed by atoms with van der Waals surface area (Å²) in [6.45, 7) is 8.58. The summed E-state index contributed by atoms with van der Waals surface area (Å²) < 4.78 is 5.64. The lowest BCUT2D eigenvalue weighted by Crippen LogP contribution is -2.44. The van der Waals surface area contributed by atoms with Gasteiger partial charge in [-0.15, -0.1) is 0 Å². The van der Waals surface area contributed by atoms with Gasteiger partial charge < -0.3 is 20.1 Å². The van der Waals surface area contributed by atoms with E-state index < -0.39 is 0 Å². The number of amides is 2.